The van der Waals surface area contributed by atoms with Gasteiger partial charge in [0.2, 0.25) is 0 Å². The van der Waals surface area contributed by atoms with Crippen LogP contribution in [-0.4, -0.2) is 4.98 Å². The molecule has 1 nitrogen and oxygen atoms in total. The van der Waals surface area contributed by atoms with E-state index in [1.54, 1.807) is 0 Å². The summed E-state index contributed by atoms with van der Waals surface area (Å²) < 4.78 is 110. The predicted molar refractivity (Wildman–Crippen MR) is 39.2 cm³/mol. The summed E-state index contributed by atoms with van der Waals surface area (Å²) in [6.07, 6.45) is -17.0. The van der Waals surface area contributed by atoms with Gasteiger partial charge in [-0.1, -0.05) is 0 Å². The van der Waals surface area contributed by atoms with E-state index in [0.29, 0.717) is 0 Å². The molecule has 0 saturated heterocycles. The molecule has 0 saturated carbocycles. The lowest BCUT2D eigenvalue weighted by Gasteiger charge is -2.19. The lowest BCUT2D eigenvalue weighted by Crippen LogP contribution is -2.24. The third-order valence-corrected chi connectivity index (χ3v) is 1.81. The van der Waals surface area contributed by atoms with Crippen molar-refractivity contribution in [1.29, 1.82) is 0 Å². The third kappa shape index (κ3) is 2.85. The summed E-state index contributed by atoms with van der Waals surface area (Å²) in [5, 5.41) is 0. The number of rotatable bonds is 0. The fourth-order valence-corrected chi connectivity index (χ4v) is 1.20. The molecule has 0 aliphatic carbocycles. The zero-order valence-corrected chi connectivity index (χ0v) is 8.00. The standard InChI is InChI=1S/C8H2F9N/c9-6(10,11)3-1-2-18-5(8(15,16)17)4(3)7(12,13)14/h1-2H. The highest BCUT2D eigenvalue weighted by molar-refractivity contribution is 5.36. The van der Waals surface area contributed by atoms with Gasteiger partial charge in [-0.3, -0.25) is 4.98 Å². The van der Waals surface area contributed by atoms with Crippen LogP contribution in [-0.2, 0) is 18.5 Å². The van der Waals surface area contributed by atoms with Gasteiger partial charge in [-0.2, -0.15) is 39.5 Å². The Hall–Kier alpha value is -1.48. The molecule has 1 aromatic heterocycles. The smallest absolute Gasteiger partial charge is 0.251 e. The van der Waals surface area contributed by atoms with E-state index in [4.69, 9.17) is 0 Å². The number of aromatic nitrogens is 1. The van der Waals surface area contributed by atoms with Crippen molar-refractivity contribution in [3.8, 4) is 0 Å². The van der Waals surface area contributed by atoms with Crippen molar-refractivity contribution in [3.05, 3.63) is 29.1 Å². The Morgan fingerprint density at radius 1 is 0.722 bits per heavy atom. The van der Waals surface area contributed by atoms with Crippen LogP contribution in [0, 0.1) is 0 Å². The van der Waals surface area contributed by atoms with Crippen LogP contribution in [0.5, 0.6) is 0 Å². The topological polar surface area (TPSA) is 12.9 Å². The summed E-state index contributed by atoms with van der Waals surface area (Å²) in [5.41, 5.74) is -7.85. The van der Waals surface area contributed by atoms with Crippen molar-refractivity contribution in [2.24, 2.45) is 0 Å². The van der Waals surface area contributed by atoms with Gasteiger partial charge in [-0.25, -0.2) is 0 Å². The Bertz CT molecular complexity index is 407. The molecule has 0 spiro atoms. The molecule has 0 atom stereocenters. The monoisotopic (exact) mass is 283 g/mol. The maximum absolute atomic E-state index is 12.3. The maximum Gasteiger partial charge on any atom is 0.433 e. The first-order valence-electron chi connectivity index (χ1n) is 4.05. The molecule has 0 aromatic carbocycles. The lowest BCUT2D eigenvalue weighted by atomic mass is 10.1. The molecule has 1 aromatic rings. The van der Waals surface area contributed by atoms with Crippen molar-refractivity contribution in [2.75, 3.05) is 0 Å². The summed E-state index contributed by atoms with van der Waals surface area (Å²) in [7, 11) is 0. The van der Waals surface area contributed by atoms with Crippen LogP contribution >= 0.6 is 0 Å². The minimum Gasteiger partial charge on any atom is -0.251 e. The maximum atomic E-state index is 12.3. The second-order valence-corrected chi connectivity index (χ2v) is 3.08. The molecule has 0 amide bonds. The predicted octanol–water partition coefficient (Wildman–Crippen LogP) is 4.14. The fourth-order valence-electron chi connectivity index (χ4n) is 1.20. The Balaban J connectivity index is 3.68. The van der Waals surface area contributed by atoms with E-state index in [0.717, 1.165) is 0 Å². The molecular formula is C8H2F9N. The minimum atomic E-state index is -5.82. The highest BCUT2D eigenvalue weighted by atomic mass is 19.4. The van der Waals surface area contributed by atoms with Crippen molar-refractivity contribution in [3.63, 3.8) is 0 Å². The van der Waals surface area contributed by atoms with Crippen LogP contribution in [0.3, 0.4) is 0 Å². The molecule has 1 heterocycles. The molecule has 0 radical (unpaired) electrons. The first-order valence-corrected chi connectivity index (χ1v) is 4.05. The first kappa shape index (κ1) is 14.6. The summed E-state index contributed by atoms with van der Waals surface area (Å²) >= 11 is 0. The number of pyridine rings is 1. The molecule has 0 aliphatic heterocycles. The SMILES string of the molecule is FC(F)(F)c1ccnc(C(F)(F)F)c1C(F)(F)F. The second kappa shape index (κ2) is 4.02. The minimum absolute atomic E-state index is 0.0287. The highest BCUT2D eigenvalue weighted by Gasteiger charge is 2.50. The van der Waals surface area contributed by atoms with Crippen molar-refractivity contribution >= 4 is 0 Å². The zero-order valence-electron chi connectivity index (χ0n) is 8.00. The van der Waals surface area contributed by atoms with E-state index >= 15 is 0 Å². The van der Waals surface area contributed by atoms with Crippen molar-refractivity contribution in [2.45, 2.75) is 18.5 Å². The Kier molecular flexibility index (Phi) is 3.26. The molecule has 0 N–H and O–H groups in total. The Labute approximate surface area is 93.2 Å². The number of halogens is 9. The third-order valence-electron chi connectivity index (χ3n) is 1.81. The average Bonchev–Trinajstić information content (AvgIpc) is 2.12. The normalized spacial score (nSPS) is 13.8. The molecule has 1 rings (SSSR count). The quantitative estimate of drug-likeness (QED) is 0.652. The second-order valence-electron chi connectivity index (χ2n) is 3.08. The number of hydrogen-bond donors (Lipinski definition) is 0. The molecule has 10 heteroatoms. The van der Waals surface area contributed by atoms with Gasteiger partial charge in [0.05, 0.1) is 11.1 Å². The van der Waals surface area contributed by atoms with E-state index in [1.165, 1.54) is 0 Å². The largest absolute Gasteiger partial charge is 0.433 e. The van der Waals surface area contributed by atoms with Gasteiger partial charge in [0.1, 0.15) is 0 Å². The number of hydrogen-bond acceptors (Lipinski definition) is 1. The summed E-state index contributed by atoms with van der Waals surface area (Å²) in [5.74, 6) is 0. The van der Waals surface area contributed by atoms with Gasteiger partial charge >= 0.3 is 18.5 Å². The molecule has 0 aliphatic rings. The van der Waals surface area contributed by atoms with Crippen LogP contribution < -0.4 is 0 Å². The van der Waals surface area contributed by atoms with E-state index in [2.05, 4.69) is 4.98 Å². The van der Waals surface area contributed by atoms with Crippen molar-refractivity contribution < 1.29 is 39.5 Å². The van der Waals surface area contributed by atoms with Gasteiger partial charge < -0.3 is 0 Å². The van der Waals surface area contributed by atoms with Crippen LogP contribution in [0.4, 0.5) is 39.5 Å². The van der Waals surface area contributed by atoms with Gasteiger partial charge in [-0.15, -0.1) is 0 Å². The van der Waals surface area contributed by atoms with Gasteiger partial charge in [0, 0.05) is 6.20 Å². The van der Waals surface area contributed by atoms with Crippen LogP contribution in [0.1, 0.15) is 16.8 Å². The van der Waals surface area contributed by atoms with E-state index < -0.39 is 35.3 Å². The molecule has 18 heavy (non-hydrogen) atoms. The molecular weight excluding hydrogens is 281 g/mol. The molecule has 0 fully saturated rings. The van der Waals surface area contributed by atoms with Gasteiger partial charge in [0.15, 0.2) is 5.69 Å². The Morgan fingerprint density at radius 3 is 1.56 bits per heavy atom. The van der Waals surface area contributed by atoms with Crippen LogP contribution in [0.15, 0.2) is 12.3 Å². The summed E-state index contributed by atoms with van der Waals surface area (Å²) in [6, 6.07) is -0.155. The van der Waals surface area contributed by atoms with Gasteiger partial charge in [0.25, 0.3) is 0 Å². The van der Waals surface area contributed by atoms with E-state index in [9.17, 15) is 39.5 Å². The molecule has 0 bridgehead atoms. The summed E-state index contributed by atoms with van der Waals surface area (Å²) in [4.78, 5) is 2.35. The lowest BCUT2D eigenvalue weighted by molar-refractivity contribution is -0.176. The number of alkyl halides is 9. The molecule has 0 unspecified atom stereocenters. The van der Waals surface area contributed by atoms with Crippen LogP contribution in [0.2, 0.25) is 0 Å². The van der Waals surface area contributed by atoms with E-state index in [1.807, 2.05) is 0 Å². The highest BCUT2D eigenvalue weighted by Crippen LogP contribution is 2.45. The Morgan fingerprint density at radius 2 is 1.22 bits per heavy atom. The average molecular weight is 283 g/mol. The van der Waals surface area contributed by atoms with E-state index in [-0.39, 0.29) is 12.3 Å². The molecule has 102 valence electrons. The van der Waals surface area contributed by atoms with Crippen LogP contribution in [0.25, 0.3) is 0 Å². The summed E-state index contributed by atoms with van der Waals surface area (Å²) in [6.45, 7) is 0. The zero-order chi connectivity index (χ0) is 14.4. The fraction of sp³-hybridized carbons (Fsp3) is 0.375. The first-order chi connectivity index (χ1) is 7.85. The van der Waals surface area contributed by atoms with Gasteiger partial charge in [-0.05, 0) is 6.07 Å². The number of nitrogens with zero attached hydrogens (tertiary/aromatic N) is 1. The van der Waals surface area contributed by atoms with Crippen molar-refractivity contribution in [1.82, 2.24) is 4.98 Å².